The van der Waals surface area contributed by atoms with E-state index in [0.717, 1.165) is 10.6 Å². The minimum atomic E-state index is -0.207. The summed E-state index contributed by atoms with van der Waals surface area (Å²) in [6, 6.07) is -0.207. The van der Waals surface area contributed by atoms with Gasteiger partial charge in [-0.15, -0.1) is 11.3 Å². The van der Waals surface area contributed by atoms with Crippen LogP contribution < -0.4 is 5.73 Å². The summed E-state index contributed by atoms with van der Waals surface area (Å²) in [6.45, 7) is 0. The molecule has 2 N–H and O–H groups in total. The first-order chi connectivity index (χ1) is 6.38. The normalized spacial score (nSPS) is 12.7. The minimum absolute atomic E-state index is 0.207. The van der Waals surface area contributed by atoms with Gasteiger partial charge >= 0.3 is 0 Å². The molecule has 2 aromatic heterocycles. The van der Waals surface area contributed by atoms with Crippen molar-refractivity contribution in [3.8, 4) is 0 Å². The average Bonchev–Trinajstić information content (AvgIpc) is 2.71. The summed E-state index contributed by atoms with van der Waals surface area (Å²) in [4.78, 5) is 13.0. The van der Waals surface area contributed by atoms with Gasteiger partial charge in [-0.05, 0) is 0 Å². The number of thiazole rings is 1. The van der Waals surface area contributed by atoms with E-state index in [2.05, 4.69) is 15.0 Å². The second kappa shape index (κ2) is 3.59. The largest absolute Gasteiger partial charge is 0.318 e. The topological polar surface area (TPSA) is 64.7 Å². The van der Waals surface area contributed by atoms with Crippen molar-refractivity contribution in [1.29, 1.82) is 0 Å². The Morgan fingerprint density at radius 2 is 2.15 bits per heavy atom. The Labute approximate surface area is 79.5 Å². The Bertz CT molecular complexity index is 359. The standard InChI is InChI=1S/C8H8N4S/c9-8(7-4-11-5-13-7)6-3-10-1-2-12-6/h1-5,8H,9H2. The molecule has 5 heteroatoms. The maximum Gasteiger partial charge on any atom is 0.0851 e. The molecule has 1 atom stereocenters. The third-order valence-electron chi connectivity index (χ3n) is 1.66. The van der Waals surface area contributed by atoms with Gasteiger partial charge < -0.3 is 5.73 Å². The molecule has 1 unspecified atom stereocenters. The zero-order valence-corrected chi connectivity index (χ0v) is 7.61. The number of aromatic nitrogens is 3. The summed E-state index contributed by atoms with van der Waals surface area (Å²) < 4.78 is 0. The van der Waals surface area contributed by atoms with Crippen LogP contribution in [0.2, 0.25) is 0 Å². The number of nitrogens with zero attached hydrogens (tertiary/aromatic N) is 3. The molecular formula is C8H8N4S. The molecule has 2 aromatic rings. The molecular weight excluding hydrogens is 184 g/mol. The van der Waals surface area contributed by atoms with Crippen LogP contribution in [0.3, 0.4) is 0 Å². The highest BCUT2D eigenvalue weighted by molar-refractivity contribution is 7.09. The van der Waals surface area contributed by atoms with Gasteiger partial charge in [0.25, 0.3) is 0 Å². The van der Waals surface area contributed by atoms with Gasteiger partial charge in [-0.3, -0.25) is 15.0 Å². The number of nitrogens with two attached hydrogens (primary N) is 1. The molecule has 2 rings (SSSR count). The third-order valence-corrected chi connectivity index (χ3v) is 2.52. The summed E-state index contributed by atoms with van der Waals surface area (Å²) in [5.74, 6) is 0. The molecule has 0 aliphatic rings. The first-order valence-electron chi connectivity index (χ1n) is 3.78. The van der Waals surface area contributed by atoms with E-state index in [9.17, 15) is 0 Å². The molecule has 0 spiro atoms. The van der Waals surface area contributed by atoms with Gasteiger partial charge in [-0.2, -0.15) is 0 Å². The number of rotatable bonds is 2. The lowest BCUT2D eigenvalue weighted by Crippen LogP contribution is -2.12. The van der Waals surface area contributed by atoms with Crippen LogP contribution in [0, 0.1) is 0 Å². The molecule has 0 fully saturated rings. The monoisotopic (exact) mass is 192 g/mol. The van der Waals surface area contributed by atoms with Crippen molar-refractivity contribution in [2.75, 3.05) is 0 Å². The van der Waals surface area contributed by atoms with Gasteiger partial charge in [0.2, 0.25) is 0 Å². The van der Waals surface area contributed by atoms with Crippen LogP contribution in [0.5, 0.6) is 0 Å². The van der Waals surface area contributed by atoms with Crippen molar-refractivity contribution in [1.82, 2.24) is 15.0 Å². The minimum Gasteiger partial charge on any atom is -0.318 e. The molecule has 0 amide bonds. The van der Waals surface area contributed by atoms with Crippen LogP contribution >= 0.6 is 11.3 Å². The smallest absolute Gasteiger partial charge is 0.0851 e. The van der Waals surface area contributed by atoms with Gasteiger partial charge in [0.15, 0.2) is 0 Å². The predicted octanol–water partition coefficient (Wildman–Crippen LogP) is 0.981. The first kappa shape index (κ1) is 8.28. The highest BCUT2D eigenvalue weighted by Crippen LogP contribution is 2.19. The lowest BCUT2D eigenvalue weighted by Gasteiger charge is -2.06. The van der Waals surface area contributed by atoms with Crippen LogP contribution in [-0.2, 0) is 0 Å². The Hall–Kier alpha value is -1.33. The highest BCUT2D eigenvalue weighted by atomic mass is 32.1. The highest BCUT2D eigenvalue weighted by Gasteiger charge is 2.10. The van der Waals surface area contributed by atoms with Gasteiger partial charge in [0, 0.05) is 23.5 Å². The van der Waals surface area contributed by atoms with Crippen molar-refractivity contribution in [2.24, 2.45) is 5.73 Å². The molecule has 0 aliphatic heterocycles. The van der Waals surface area contributed by atoms with E-state index < -0.39 is 0 Å². The van der Waals surface area contributed by atoms with E-state index in [1.54, 1.807) is 30.3 Å². The van der Waals surface area contributed by atoms with Crippen LogP contribution in [0.1, 0.15) is 16.6 Å². The van der Waals surface area contributed by atoms with Crippen LogP contribution in [0.25, 0.3) is 0 Å². The van der Waals surface area contributed by atoms with Crippen molar-refractivity contribution in [3.63, 3.8) is 0 Å². The predicted molar refractivity (Wildman–Crippen MR) is 50.2 cm³/mol. The van der Waals surface area contributed by atoms with E-state index in [0.29, 0.717) is 0 Å². The molecule has 0 bridgehead atoms. The van der Waals surface area contributed by atoms with E-state index in [-0.39, 0.29) is 6.04 Å². The fourth-order valence-corrected chi connectivity index (χ4v) is 1.63. The lowest BCUT2D eigenvalue weighted by molar-refractivity contribution is 0.832. The van der Waals surface area contributed by atoms with Crippen LogP contribution in [-0.4, -0.2) is 15.0 Å². The summed E-state index contributed by atoms with van der Waals surface area (Å²) in [5, 5.41) is 0. The van der Waals surface area contributed by atoms with E-state index in [1.165, 1.54) is 11.3 Å². The molecule has 2 heterocycles. The van der Waals surface area contributed by atoms with Gasteiger partial charge in [-0.1, -0.05) is 0 Å². The lowest BCUT2D eigenvalue weighted by atomic mass is 10.2. The van der Waals surface area contributed by atoms with Crippen molar-refractivity contribution < 1.29 is 0 Å². The van der Waals surface area contributed by atoms with Crippen molar-refractivity contribution in [2.45, 2.75) is 6.04 Å². The molecule has 13 heavy (non-hydrogen) atoms. The summed E-state index contributed by atoms with van der Waals surface area (Å²) in [7, 11) is 0. The summed E-state index contributed by atoms with van der Waals surface area (Å²) in [5.41, 5.74) is 8.45. The van der Waals surface area contributed by atoms with Crippen molar-refractivity contribution in [3.05, 3.63) is 40.9 Å². The first-order valence-corrected chi connectivity index (χ1v) is 4.66. The fraction of sp³-hybridized carbons (Fsp3) is 0.125. The van der Waals surface area contributed by atoms with E-state index in [1.807, 2.05) is 0 Å². The van der Waals surface area contributed by atoms with E-state index in [4.69, 9.17) is 5.73 Å². The molecule has 0 aromatic carbocycles. The van der Waals surface area contributed by atoms with Gasteiger partial charge in [0.05, 0.1) is 23.4 Å². The van der Waals surface area contributed by atoms with E-state index >= 15 is 0 Å². The maximum atomic E-state index is 5.93. The number of hydrogen-bond acceptors (Lipinski definition) is 5. The number of hydrogen-bond donors (Lipinski definition) is 1. The van der Waals surface area contributed by atoms with Crippen LogP contribution in [0.4, 0.5) is 0 Å². The third kappa shape index (κ3) is 1.71. The Morgan fingerprint density at radius 1 is 1.23 bits per heavy atom. The SMILES string of the molecule is NC(c1cnccn1)c1cncs1. The van der Waals surface area contributed by atoms with Gasteiger partial charge in [0.1, 0.15) is 0 Å². The fourth-order valence-electron chi connectivity index (χ4n) is 0.996. The molecule has 4 nitrogen and oxygen atoms in total. The molecule has 66 valence electrons. The Morgan fingerprint density at radius 3 is 2.77 bits per heavy atom. The second-order valence-corrected chi connectivity index (χ2v) is 3.43. The summed E-state index contributed by atoms with van der Waals surface area (Å²) >= 11 is 1.52. The zero-order chi connectivity index (χ0) is 9.10. The average molecular weight is 192 g/mol. The second-order valence-electron chi connectivity index (χ2n) is 2.51. The van der Waals surface area contributed by atoms with Crippen LogP contribution in [0.15, 0.2) is 30.3 Å². The van der Waals surface area contributed by atoms with Gasteiger partial charge in [-0.25, -0.2) is 0 Å². The zero-order valence-electron chi connectivity index (χ0n) is 6.79. The molecule has 0 saturated heterocycles. The summed E-state index contributed by atoms with van der Waals surface area (Å²) in [6.07, 6.45) is 6.69. The maximum absolute atomic E-state index is 5.93. The Balaban J connectivity index is 2.29. The van der Waals surface area contributed by atoms with Crippen molar-refractivity contribution >= 4 is 11.3 Å². The Kier molecular flexibility index (Phi) is 2.29. The molecule has 0 saturated carbocycles. The molecule has 0 radical (unpaired) electrons. The molecule has 0 aliphatic carbocycles. The quantitative estimate of drug-likeness (QED) is 0.770.